The van der Waals surface area contributed by atoms with E-state index in [0.717, 1.165) is 88.3 Å². The topological polar surface area (TPSA) is 134 Å². The predicted octanol–water partition coefficient (Wildman–Crippen LogP) is 3.94. The molecule has 0 saturated heterocycles. The number of amidine groups is 2. The minimum atomic E-state index is 0.306. The lowest BCUT2D eigenvalue weighted by atomic mass is 10.1. The molecule has 0 fully saturated rings. The Bertz CT molecular complexity index is 746. The minimum Gasteiger partial charge on any atom is -0.494 e. The van der Waals surface area contributed by atoms with Gasteiger partial charge in [-0.05, 0) is 62.8 Å². The Morgan fingerprint density at radius 2 is 1.68 bits per heavy atom. The summed E-state index contributed by atoms with van der Waals surface area (Å²) in [6, 6.07) is 8.16. The molecule has 190 valence electrons. The molecule has 0 radical (unpaired) electrons. The van der Waals surface area contributed by atoms with E-state index < -0.39 is 0 Å². The van der Waals surface area contributed by atoms with Gasteiger partial charge >= 0.3 is 0 Å². The fourth-order valence-electron chi connectivity index (χ4n) is 3.81. The van der Waals surface area contributed by atoms with Gasteiger partial charge in [-0.2, -0.15) is 0 Å². The van der Waals surface area contributed by atoms with Crippen LogP contribution < -0.4 is 26.8 Å². The van der Waals surface area contributed by atoms with Gasteiger partial charge in [0, 0.05) is 38.2 Å². The molecule has 0 bridgehead atoms. The van der Waals surface area contributed by atoms with Gasteiger partial charge in [0.25, 0.3) is 0 Å². The van der Waals surface area contributed by atoms with Gasteiger partial charge in [0.1, 0.15) is 11.6 Å². The summed E-state index contributed by atoms with van der Waals surface area (Å²) < 4.78 is 5.85. The third-order valence-electron chi connectivity index (χ3n) is 5.81. The summed E-state index contributed by atoms with van der Waals surface area (Å²) >= 11 is 0. The molecule has 0 spiro atoms. The van der Waals surface area contributed by atoms with E-state index in [1.54, 1.807) is 0 Å². The van der Waals surface area contributed by atoms with Crippen LogP contribution in [0.4, 0.5) is 0 Å². The third kappa shape index (κ3) is 13.1. The molecule has 0 atom stereocenters. The van der Waals surface area contributed by atoms with E-state index in [-0.39, 0.29) is 0 Å². The quantitative estimate of drug-likeness (QED) is 0.126. The van der Waals surface area contributed by atoms with Gasteiger partial charge in [-0.1, -0.05) is 32.1 Å². The second-order valence-electron chi connectivity index (χ2n) is 8.89. The molecule has 0 aliphatic carbocycles. The number of nitrogens with two attached hydrogens (primary N) is 2. The molecule has 0 unspecified atom stereocenters. The number of hydrogen-bond donors (Lipinski definition) is 5. The van der Waals surface area contributed by atoms with Crippen molar-refractivity contribution in [2.75, 3.05) is 32.8 Å². The highest BCUT2D eigenvalue weighted by Gasteiger charge is 2.06. The highest BCUT2D eigenvalue weighted by Crippen LogP contribution is 2.14. The van der Waals surface area contributed by atoms with Crippen LogP contribution in [0.25, 0.3) is 0 Å². The third-order valence-corrected chi connectivity index (χ3v) is 5.81. The zero-order valence-corrected chi connectivity index (χ0v) is 20.8. The second kappa shape index (κ2) is 17.7. The maximum Gasteiger partial charge on any atom is 0.188 e. The maximum absolute atomic E-state index is 7.20. The number of nitrogens with zero attached hydrogens (tertiary/aromatic N) is 2. The molecule has 1 aromatic rings. The van der Waals surface area contributed by atoms with Crippen LogP contribution in [-0.2, 0) is 0 Å². The number of unbranched alkanes of at least 4 members (excludes halogenated alkanes) is 8. The number of guanidine groups is 1. The zero-order chi connectivity index (χ0) is 24.3. The summed E-state index contributed by atoms with van der Waals surface area (Å²) in [5, 5.41) is 13.8. The zero-order valence-electron chi connectivity index (χ0n) is 20.8. The Kier molecular flexibility index (Phi) is 14.3. The van der Waals surface area contributed by atoms with E-state index in [4.69, 9.17) is 21.6 Å². The van der Waals surface area contributed by atoms with E-state index in [2.05, 4.69) is 32.8 Å². The second-order valence-corrected chi connectivity index (χ2v) is 8.89. The number of rotatable bonds is 18. The van der Waals surface area contributed by atoms with Crippen LogP contribution in [0, 0.1) is 5.41 Å². The average Bonchev–Trinajstić information content (AvgIpc) is 2.85. The SMILES string of the molecule is N=C(N)CCCCCCCCCNC(N)=NCCCCCOc1ccc(C2=NCCCN2)cc1. The van der Waals surface area contributed by atoms with Crippen molar-refractivity contribution < 1.29 is 4.74 Å². The summed E-state index contributed by atoms with van der Waals surface area (Å²) in [5.74, 6) is 2.75. The molecule has 0 amide bonds. The molecular formula is C26H45N7O. The number of hydrogen-bond acceptors (Lipinski definition) is 5. The number of nitrogens with one attached hydrogen (secondary N) is 3. The number of aliphatic imine (C=N–C) groups is 2. The molecule has 2 rings (SSSR count). The first-order valence-corrected chi connectivity index (χ1v) is 13.0. The maximum atomic E-state index is 7.20. The Balaban J connectivity index is 1.40. The van der Waals surface area contributed by atoms with Crippen LogP contribution >= 0.6 is 0 Å². The monoisotopic (exact) mass is 471 g/mol. The standard InChI is InChI=1S/C26H45N7O/c27-24(28)12-7-4-2-1-3-5-8-17-32-26(29)33-18-9-6-10-21-34-23-15-13-22(14-16-23)25-30-19-11-20-31-25/h13-16H,1-12,17-21H2,(H3,27,28)(H,30,31)(H3,29,32,33). The molecule has 1 aliphatic rings. The Morgan fingerprint density at radius 3 is 2.38 bits per heavy atom. The van der Waals surface area contributed by atoms with Crippen molar-refractivity contribution in [2.45, 2.75) is 77.0 Å². The van der Waals surface area contributed by atoms with E-state index in [1.807, 2.05) is 12.1 Å². The van der Waals surface area contributed by atoms with Crippen molar-refractivity contribution in [1.82, 2.24) is 10.6 Å². The highest BCUT2D eigenvalue weighted by atomic mass is 16.5. The molecule has 34 heavy (non-hydrogen) atoms. The number of ether oxygens (including phenoxy) is 1. The van der Waals surface area contributed by atoms with Crippen LogP contribution in [0.1, 0.15) is 82.6 Å². The summed E-state index contributed by atoms with van der Waals surface area (Å²) in [5.41, 5.74) is 12.4. The van der Waals surface area contributed by atoms with E-state index in [1.165, 1.54) is 32.1 Å². The lowest BCUT2D eigenvalue weighted by Gasteiger charge is -2.15. The molecule has 0 saturated carbocycles. The Labute approximate surface area is 205 Å². The van der Waals surface area contributed by atoms with Crippen LogP contribution in [-0.4, -0.2) is 50.4 Å². The molecule has 7 N–H and O–H groups in total. The van der Waals surface area contributed by atoms with Crippen molar-refractivity contribution >= 4 is 17.6 Å². The van der Waals surface area contributed by atoms with Crippen molar-refractivity contribution in [3.63, 3.8) is 0 Å². The van der Waals surface area contributed by atoms with Crippen LogP contribution in [0.3, 0.4) is 0 Å². The summed E-state index contributed by atoms with van der Waals surface area (Å²) in [7, 11) is 0. The molecule has 8 heteroatoms. The summed E-state index contributed by atoms with van der Waals surface area (Å²) in [6.45, 7) is 4.25. The summed E-state index contributed by atoms with van der Waals surface area (Å²) in [4.78, 5) is 8.94. The van der Waals surface area contributed by atoms with Gasteiger partial charge in [-0.15, -0.1) is 0 Å². The Hall–Kier alpha value is -2.77. The highest BCUT2D eigenvalue weighted by molar-refractivity contribution is 5.99. The molecule has 1 aliphatic heterocycles. The average molecular weight is 472 g/mol. The first-order valence-electron chi connectivity index (χ1n) is 13.0. The predicted molar refractivity (Wildman–Crippen MR) is 143 cm³/mol. The normalized spacial score (nSPS) is 13.8. The number of benzene rings is 1. The van der Waals surface area contributed by atoms with Gasteiger partial charge < -0.3 is 26.8 Å². The van der Waals surface area contributed by atoms with Gasteiger partial charge in [-0.3, -0.25) is 15.4 Å². The Morgan fingerprint density at radius 1 is 0.971 bits per heavy atom. The van der Waals surface area contributed by atoms with E-state index in [9.17, 15) is 0 Å². The van der Waals surface area contributed by atoms with E-state index >= 15 is 0 Å². The molecular weight excluding hydrogens is 426 g/mol. The first-order chi connectivity index (χ1) is 16.6. The molecule has 0 aromatic heterocycles. The molecule has 1 aromatic carbocycles. The largest absolute Gasteiger partial charge is 0.494 e. The van der Waals surface area contributed by atoms with Crippen molar-refractivity contribution in [3.05, 3.63) is 29.8 Å². The van der Waals surface area contributed by atoms with Crippen LogP contribution in [0.5, 0.6) is 5.75 Å². The molecule has 1 heterocycles. The van der Waals surface area contributed by atoms with Crippen LogP contribution in [0.2, 0.25) is 0 Å². The van der Waals surface area contributed by atoms with Crippen LogP contribution in [0.15, 0.2) is 34.3 Å². The lowest BCUT2D eigenvalue weighted by Crippen LogP contribution is -2.32. The smallest absolute Gasteiger partial charge is 0.188 e. The minimum absolute atomic E-state index is 0.306. The van der Waals surface area contributed by atoms with Gasteiger partial charge in [-0.25, -0.2) is 0 Å². The van der Waals surface area contributed by atoms with Crippen molar-refractivity contribution in [3.8, 4) is 5.75 Å². The summed E-state index contributed by atoms with van der Waals surface area (Å²) in [6.07, 6.45) is 13.2. The van der Waals surface area contributed by atoms with Crippen molar-refractivity contribution in [2.24, 2.45) is 21.5 Å². The first kappa shape index (κ1) is 27.5. The van der Waals surface area contributed by atoms with E-state index in [0.29, 0.717) is 18.4 Å². The van der Waals surface area contributed by atoms with Crippen molar-refractivity contribution in [1.29, 1.82) is 5.41 Å². The molecule has 8 nitrogen and oxygen atoms in total. The van der Waals surface area contributed by atoms with Gasteiger partial charge in [0.05, 0.1) is 12.4 Å². The lowest BCUT2D eigenvalue weighted by molar-refractivity contribution is 0.305. The fourth-order valence-corrected chi connectivity index (χ4v) is 3.81. The van der Waals surface area contributed by atoms with Gasteiger partial charge in [0.2, 0.25) is 0 Å². The van der Waals surface area contributed by atoms with Gasteiger partial charge in [0.15, 0.2) is 5.96 Å². The fraction of sp³-hybridized carbons (Fsp3) is 0.654.